The number of carbonyl (C=O) groups excluding carboxylic acids is 2. The fourth-order valence-electron chi connectivity index (χ4n) is 1.46. The van der Waals surface area contributed by atoms with E-state index in [1.807, 2.05) is 24.3 Å². The van der Waals surface area contributed by atoms with Gasteiger partial charge in [0.2, 0.25) is 0 Å². The molecule has 0 spiro atoms. The molecule has 0 aromatic heterocycles. The highest BCUT2D eigenvalue weighted by molar-refractivity contribution is 5.75. The molecule has 0 radical (unpaired) electrons. The summed E-state index contributed by atoms with van der Waals surface area (Å²) in [7, 11) is 0. The van der Waals surface area contributed by atoms with Crippen LogP contribution in [0.25, 0.3) is 0 Å². The third-order valence-electron chi connectivity index (χ3n) is 2.42. The van der Waals surface area contributed by atoms with Crippen molar-refractivity contribution in [3.8, 4) is 0 Å². The number of carbonyl (C=O) groups is 2. The van der Waals surface area contributed by atoms with Crippen molar-refractivity contribution in [1.29, 1.82) is 0 Å². The van der Waals surface area contributed by atoms with Gasteiger partial charge in [0.15, 0.2) is 0 Å². The predicted octanol–water partition coefficient (Wildman–Crippen LogP) is 2.11. The molecule has 0 saturated carbocycles. The SMILES string of the molecule is CCOC(=O)CNc1ccccc1COC(=O)CC. The van der Waals surface area contributed by atoms with Crippen LogP contribution in [0.4, 0.5) is 5.69 Å². The molecule has 5 heteroatoms. The Balaban J connectivity index is 2.57. The van der Waals surface area contributed by atoms with Crippen LogP contribution in [0.2, 0.25) is 0 Å². The second kappa shape index (κ2) is 8.13. The molecule has 1 rings (SSSR count). The van der Waals surface area contributed by atoms with Crippen LogP contribution in [0.15, 0.2) is 24.3 Å². The minimum absolute atomic E-state index is 0.0899. The maximum Gasteiger partial charge on any atom is 0.325 e. The molecular weight excluding hydrogens is 246 g/mol. The first-order valence-corrected chi connectivity index (χ1v) is 6.30. The highest BCUT2D eigenvalue weighted by atomic mass is 16.5. The zero-order valence-electron chi connectivity index (χ0n) is 11.3. The van der Waals surface area contributed by atoms with Gasteiger partial charge >= 0.3 is 11.9 Å². The van der Waals surface area contributed by atoms with Gasteiger partial charge in [0.25, 0.3) is 0 Å². The van der Waals surface area contributed by atoms with Crippen molar-refractivity contribution in [2.24, 2.45) is 0 Å². The molecule has 19 heavy (non-hydrogen) atoms. The summed E-state index contributed by atoms with van der Waals surface area (Å²) in [5, 5.41) is 2.97. The molecule has 0 aliphatic heterocycles. The topological polar surface area (TPSA) is 64.6 Å². The normalized spacial score (nSPS) is 9.79. The average molecular weight is 265 g/mol. The quantitative estimate of drug-likeness (QED) is 0.765. The van der Waals surface area contributed by atoms with Crippen LogP contribution in [-0.4, -0.2) is 25.1 Å². The number of hydrogen-bond acceptors (Lipinski definition) is 5. The number of anilines is 1. The van der Waals surface area contributed by atoms with Gasteiger partial charge in [-0.25, -0.2) is 0 Å². The molecule has 1 aromatic rings. The van der Waals surface area contributed by atoms with Crippen LogP contribution < -0.4 is 5.32 Å². The average Bonchev–Trinajstić information content (AvgIpc) is 2.43. The first kappa shape index (κ1) is 15.0. The first-order valence-electron chi connectivity index (χ1n) is 6.30. The van der Waals surface area contributed by atoms with E-state index >= 15 is 0 Å². The van der Waals surface area contributed by atoms with Crippen molar-refractivity contribution >= 4 is 17.6 Å². The Bertz CT molecular complexity index is 431. The van der Waals surface area contributed by atoms with Gasteiger partial charge in [-0.2, -0.15) is 0 Å². The smallest absolute Gasteiger partial charge is 0.325 e. The highest BCUT2D eigenvalue weighted by Gasteiger charge is 2.07. The summed E-state index contributed by atoms with van der Waals surface area (Å²) in [5.74, 6) is -0.567. The standard InChI is InChI=1S/C14H19NO4/c1-3-13(16)19-10-11-7-5-6-8-12(11)15-9-14(17)18-4-2/h5-8,15H,3-4,9-10H2,1-2H3. The molecule has 0 fully saturated rings. The number of nitrogens with one attached hydrogen (secondary N) is 1. The van der Waals surface area contributed by atoms with Gasteiger partial charge in [-0.1, -0.05) is 25.1 Å². The van der Waals surface area contributed by atoms with E-state index in [2.05, 4.69) is 5.32 Å². The predicted molar refractivity (Wildman–Crippen MR) is 71.7 cm³/mol. The van der Waals surface area contributed by atoms with Crippen LogP contribution in [0.5, 0.6) is 0 Å². The lowest BCUT2D eigenvalue weighted by molar-refractivity contribution is -0.144. The van der Waals surface area contributed by atoms with E-state index < -0.39 is 0 Å². The van der Waals surface area contributed by atoms with Crippen molar-refractivity contribution in [1.82, 2.24) is 0 Å². The molecule has 5 nitrogen and oxygen atoms in total. The Morgan fingerprint density at radius 3 is 2.53 bits per heavy atom. The molecule has 0 atom stereocenters. The number of benzene rings is 1. The van der Waals surface area contributed by atoms with Crippen molar-refractivity contribution in [3.63, 3.8) is 0 Å². The molecule has 0 heterocycles. The number of esters is 2. The Labute approximate surface area is 112 Å². The minimum Gasteiger partial charge on any atom is -0.465 e. The van der Waals surface area contributed by atoms with E-state index in [9.17, 15) is 9.59 Å². The Hall–Kier alpha value is -2.04. The summed E-state index contributed by atoms with van der Waals surface area (Å²) in [6, 6.07) is 7.37. The van der Waals surface area contributed by atoms with Gasteiger partial charge in [-0.05, 0) is 13.0 Å². The fraction of sp³-hybridized carbons (Fsp3) is 0.429. The molecule has 1 N–H and O–H groups in total. The maximum absolute atomic E-state index is 11.3. The minimum atomic E-state index is -0.317. The second-order valence-corrected chi connectivity index (χ2v) is 3.83. The van der Waals surface area contributed by atoms with Crippen molar-refractivity contribution in [2.75, 3.05) is 18.5 Å². The van der Waals surface area contributed by atoms with E-state index in [0.29, 0.717) is 13.0 Å². The van der Waals surface area contributed by atoms with Crippen molar-refractivity contribution < 1.29 is 19.1 Å². The van der Waals surface area contributed by atoms with E-state index in [1.165, 1.54) is 0 Å². The Kier molecular flexibility index (Phi) is 6.43. The summed E-state index contributed by atoms with van der Waals surface area (Å²) < 4.78 is 9.91. The van der Waals surface area contributed by atoms with Crippen LogP contribution in [0.3, 0.4) is 0 Å². The van der Waals surface area contributed by atoms with Crippen LogP contribution in [-0.2, 0) is 25.7 Å². The summed E-state index contributed by atoms with van der Waals surface area (Å²) in [6.45, 7) is 4.14. The van der Waals surface area contributed by atoms with Gasteiger partial charge in [0.1, 0.15) is 13.2 Å². The van der Waals surface area contributed by atoms with Gasteiger partial charge in [0, 0.05) is 17.7 Å². The Morgan fingerprint density at radius 2 is 1.84 bits per heavy atom. The lowest BCUT2D eigenvalue weighted by Crippen LogP contribution is -2.17. The number of ether oxygens (including phenoxy) is 2. The summed E-state index contributed by atoms with van der Waals surface area (Å²) >= 11 is 0. The Morgan fingerprint density at radius 1 is 1.11 bits per heavy atom. The lowest BCUT2D eigenvalue weighted by atomic mass is 10.2. The summed E-state index contributed by atoms with van der Waals surface area (Å²) in [5.41, 5.74) is 1.59. The summed E-state index contributed by atoms with van der Waals surface area (Å²) in [4.78, 5) is 22.4. The van der Waals surface area contributed by atoms with E-state index in [-0.39, 0.29) is 25.1 Å². The molecule has 0 saturated heterocycles. The second-order valence-electron chi connectivity index (χ2n) is 3.83. The van der Waals surface area contributed by atoms with E-state index in [0.717, 1.165) is 11.3 Å². The maximum atomic E-state index is 11.3. The highest BCUT2D eigenvalue weighted by Crippen LogP contribution is 2.16. The van der Waals surface area contributed by atoms with Crippen LogP contribution >= 0.6 is 0 Å². The zero-order chi connectivity index (χ0) is 14.1. The van der Waals surface area contributed by atoms with Gasteiger partial charge in [0.05, 0.1) is 6.61 Å². The van der Waals surface area contributed by atoms with Gasteiger partial charge < -0.3 is 14.8 Å². The van der Waals surface area contributed by atoms with E-state index in [4.69, 9.17) is 9.47 Å². The molecule has 1 aromatic carbocycles. The molecule has 0 unspecified atom stereocenters. The van der Waals surface area contributed by atoms with Crippen molar-refractivity contribution in [3.05, 3.63) is 29.8 Å². The summed E-state index contributed by atoms with van der Waals surface area (Å²) in [6.07, 6.45) is 0.346. The first-order chi connectivity index (χ1) is 9.17. The number of rotatable bonds is 7. The number of para-hydroxylation sites is 1. The fourth-order valence-corrected chi connectivity index (χ4v) is 1.46. The van der Waals surface area contributed by atoms with Crippen molar-refractivity contribution in [2.45, 2.75) is 26.9 Å². The molecular formula is C14H19NO4. The third kappa shape index (κ3) is 5.42. The molecule has 0 aliphatic rings. The molecule has 0 aliphatic carbocycles. The molecule has 0 amide bonds. The molecule has 0 bridgehead atoms. The van der Waals surface area contributed by atoms with Gasteiger partial charge in [-0.15, -0.1) is 0 Å². The number of hydrogen-bond donors (Lipinski definition) is 1. The van der Waals surface area contributed by atoms with Gasteiger partial charge in [-0.3, -0.25) is 9.59 Å². The largest absolute Gasteiger partial charge is 0.465 e. The third-order valence-corrected chi connectivity index (χ3v) is 2.42. The van der Waals surface area contributed by atoms with Crippen LogP contribution in [0.1, 0.15) is 25.8 Å². The zero-order valence-corrected chi connectivity index (χ0v) is 11.3. The molecule has 104 valence electrons. The van der Waals surface area contributed by atoms with Crippen LogP contribution in [0, 0.1) is 0 Å². The lowest BCUT2D eigenvalue weighted by Gasteiger charge is -2.11. The van der Waals surface area contributed by atoms with E-state index in [1.54, 1.807) is 13.8 Å². The monoisotopic (exact) mass is 265 g/mol.